The maximum absolute atomic E-state index is 11.6. The van der Waals surface area contributed by atoms with Crippen LogP contribution in [0.15, 0.2) is 16.7 Å². The van der Waals surface area contributed by atoms with E-state index in [4.69, 9.17) is 5.26 Å². The quantitative estimate of drug-likeness (QED) is 0.863. The number of rotatable bonds is 3. The molecule has 1 rings (SSSR count). The summed E-state index contributed by atoms with van der Waals surface area (Å²) in [6, 6.07) is 4.89. The van der Waals surface area contributed by atoms with Gasteiger partial charge in [0.05, 0.1) is 17.5 Å². The Morgan fingerprint density at radius 1 is 1.56 bits per heavy atom. The molecule has 0 aromatic carbocycles. The second-order valence-corrected chi connectivity index (χ2v) is 6.00. The molecule has 0 amide bonds. The molecule has 0 fully saturated rings. The normalized spacial score (nSPS) is 12.9. The van der Waals surface area contributed by atoms with Gasteiger partial charge in [0, 0.05) is 0 Å². The molecule has 86 valence electrons. The summed E-state index contributed by atoms with van der Waals surface area (Å²) >= 11 is 3.18. The van der Waals surface area contributed by atoms with E-state index in [0.29, 0.717) is 16.0 Å². The van der Waals surface area contributed by atoms with Gasteiger partial charge in [0.15, 0.2) is 5.25 Å². The Balaban J connectivity index is 3.03. The van der Waals surface area contributed by atoms with Gasteiger partial charge in [-0.05, 0) is 41.9 Å². The number of halogens is 1. The third-order valence-corrected chi connectivity index (χ3v) is 3.93. The maximum atomic E-state index is 11.6. The van der Waals surface area contributed by atoms with Gasteiger partial charge in [0.2, 0.25) is 10.0 Å². The largest absolute Gasteiger partial charge is 0.281 e. The van der Waals surface area contributed by atoms with Crippen molar-refractivity contribution < 1.29 is 8.42 Å². The van der Waals surface area contributed by atoms with Crippen molar-refractivity contribution in [3.8, 4) is 6.07 Å². The predicted molar refractivity (Wildman–Crippen MR) is 64.3 cm³/mol. The second kappa shape index (κ2) is 4.80. The van der Waals surface area contributed by atoms with Crippen LogP contribution >= 0.6 is 15.9 Å². The van der Waals surface area contributed by atoms with Crippen molar-refractivity contribution in [2.45, 2.75) is 19.1 Å². The number of nitrogens with zero attached hydrogens (tertiary/aromatic N) is 2. The molecular weight excluding hydrogens is 294 g/mol. The number of hydrogen-bond acceptors (Lipinski definition) is 4. The highest BCUT2D eigenvalue weighted by atomic mass is 79.9. The number of aromatic nitrogens is 1. The molecule has 0 saturated carbocycles. The van der Waals surface area contributed by atoms with Crippen LogP contribution in [0.2, 0.25) is 0 Å². The molecule has 1 unspecified atom stereocenters. The fourth-order valence-corrected chi connectivity index (χ4v) is 2.19. The van der Waals surface area contributed by atoms with Gasteiger partial charge < -0.3 is 0 Å². The molecule has 1 aromatic heterocycles. The first-order valence-corrected chi connectivity index (χ1v) is 6.75. The van der Waals surface area contributed by atoms with Gasteiger partial charge >= 0.3 is 0 Å². The Bertz CT molecular complexity index is 536. The Labute approximate surface area is 103 Å². The second-order valence-electron chi connectivity index (χ2n) is 3.19. The van der Waals surface area contributed by atoms with Crippen LogP contribution in [0.1, 0.15) is 12.6 Å². The summed E-state index contributed by atoms with van der Waals surface area (Å²) in [7, 11) is -3.67. The minimum atomic E-state index is -3.67. The average Bonchev–Trinajstić information content (AvgIpc) is 2.21. The smallest absolute Gasteiger partial charge is 0.248 e. The van der Waals surface area contributed by atoms with E-state index in [0.717, 1.165) is 0 Å². The van der Waals surface area contributed by atoms with Crippen LogP contribution in [0.3, 0.4) is 0 Å². The molecule has 0 aliphatic heterocycles. The summed E-state index contributed by atoms with van der Waals surface area (Å²) in [5.74, 6) is 0. The van der Waals surface area contributed by atoms with Crippen LogP contribution in [0.5, 0.6) is 0 Å². The van der Waals surface area contributed by atoms with Crippen molar-refractivity contribution in [1.82, 2.24) is 4.98 Å². The third-order valence-electron chi connectivity index (χ3n) is 1.95. The number of anilines is 1. The van der Waals surface area contributed by atoms with Crippen LogP contribution < -0.4 is 4.72 Å². The lowest BCUT2D eigenvalue weighted by Gasteiger charge is -2.10. The molecule has 1 atom stereocenters. The standard InChI is InChI=1S/C9H10BrN3O2S/c1-6(5-11)16(14,15)13-8-3-4-9(10)12-7(8)2/h3-4,6,13H,1-2H3. The van der Waals surface area contributed by atoms with Gasteiger partial charge in [-0.1, -0.05) is 0 Å². The van der Waals surface area contributed by atoms with Gasteiger partial charge in [-0.15, -0.1) is 0 Å². The number of sulfonamides is 1. The monoisotopic (exact) mass is 303 g/mol. The molecule has 0 bridgehead atoms. The van der Waals surface area contributed by atoms with Crippen LogP contribution in [-0.4, -0.2) is 18.7 Å². The van der Waals surface area contributed by atoms with Crippen molar-refractivity contribution >= 4 is 31.6 Å². The van der Waals surface area contributed by atoms with Gasteiger partial charge in [0.25, 0.3) is 0 Å². The number of nitrogens with one attached hydrogen (secondary N) is 1. The molecule has 16 heavy (non-hydrogen) atoms. The van der Waals surface area contributed by atoms with Crippen molar-refractivity contribution in [2.24, 2.45) is 0 Å². The highest BCUT2D eigenvalue weighted by Gasteiger charge is 2.20. The lowest BCUT2D eigenvalue weighted by Crippen LogP contribution is -2.24. The fraction of sp³-hybridized carbons (Fsp3) is 0.333. The van der Waals surface area contributed by atoms with E-state index in [1.807, 2.05) is 0 Å². The van der Waals surface area contributed by atoms with Crippen molar-refractivity contribution in [2.75, 3.05) is 4.72 Å². The molecule has 0 spiro atoms. The minimum Gasteiger partial charge on any atom is -0.281 e. The van der Waals surface area contributed by atoms with Crippen LogP contribution in [-0.2, 0) is 10.0 Å². The number of pyridine rings is 1. The number of nitriles is 1. The van der Waals surface area contributed by atoms with Crippen molar-refractivity contribution in [3.63, 3.8) is 0 Å². The van der Waals surface area contributed by atoms with E-state index in [1.165, 1.54) is 6.92 Å². The Kier molecular flexibility index (Phi) is 3.88. The van der Waals surface area contributed by atoms with Gasteiger partial charge in [-0.25, -0.2) is 13.4 Å². The average molecular weight is 304 g/mol. The molecule has 1 N–H and O–H groups in total. The van der Waals surface area contributed by atoms with E-state index in [2.05, 4.69) is 25.6 Å². The lowest BCUT2D eigenvalue weighted by atomic mass is 10.3. The fourth-order valence-electron chi connectivity index (χ4n) is 0.949. The zero-order valence-electron chi connectivity index (χ0n) is 8.73. The van der Waals surface area contributed by atoms with Crippen molar-refractivity contribution in [1.29, 1.82) is 5.26 Å². The zero-order chi connectivity index (χ0) is 12.3. The first-order chi connectivity index (χ1) is 7.36. The maximum Gasteiger partial charge on any atom is 0.248 e. The van der Waals surface area contributed by atoms with E-state index >= 15 is 0 Å². The van der Waals surface area contributed by atoms with Crippen LogP contribution in [0.4, 0.5) is 5.69 Å². The summed E-state index contributed by atoms with van der Waals surface area (Å²) in [4.78, 5) is 4.05. The topological polar surface area (TPSA) is 82.8 Å². The van der Waals surface area contributed by atoms with Crippen LogP contribution in [0, 0.1) is 18.3 Å². The van der Waals surface area contributed by atoms with E-state index in [1.54, 1.807) is 25.1 Å². The Morgan fingerprint density at radius 3 is 2.69 bits per heavy atom. The predicted octanol–water partition coefficient (Wildman–Crippen LogP) is 1.81. The number of aryl methyl sites for hydroxylation is 1. The van der Waals surface area contributed by atoms with E-state index in [9.17, 15) is 8.42 Å². The number of hydrogen-bond donors (Lipinski definition) is 1. The Hall–Kier alpha value is -1.13. The Morgan fingerprint density at radius 2 is 2.19 bits per heavy atom. The van der Waals surface area contributed by atoms with E-state index < -0.39 is 15.3 Å². The SMILES string of the molecule is Cc1nc(Br)ccc1NS(=O)(=O)C(C)C#N. The lowest BCUT2D eigenvalue weighted by molar-refractivity contribution is 0.597. The summed E-state index contributed by atoms with van der Waals surface area (Å²) in [6.07, 6.45) is 0. The first kappa shape index (κ1) is 12.9. The summed E-state index contributed by atoms with van der Waals surface area (Å²) in [5.41, 5.74) is 0.924. The molecule has 0 radical (unpaired) electrons. The van der Waals surface area contributed by atoms with Crippen LogP contribution in [0.25, 0.3) is 0 Å². The minimum absolute atomic E-state index is 0.380. The molecule has 0 saturated heterocycles. The molecule has 5 nitrogen and oxygen atoms in total. The van der Waals surface area contributed by atoms with Gasteiger partial charge in [0.1, 0.15) is 4.60 Å². The van der Waals surface area contributed by atoms with Gasteiger partial charge in [-0.2, -0.15) is 5.26 Å². The highest BCUT2D eigenvalue weighted by molar-refractivity contribution is 9.10. The first-order valence-electron chi connectivity index (χ1n) is 4.41. The summed E-state index contributed by atoms with van der Waals surface area (Å²) in [5, 5.41) is 7.47. The highest BCUT2D eigenvalue weighted by Crippen LogP contribution is 2.18. The molecule has 1 heterocycles. The third kappa shape index (κ3) is 2.93. The molecule has 1 aromatic rings. The summed E-state index contributed by atoms with van der Waals surface area (Å²) in [6.45, 7) is 3.00. The van der Waals surface area contributed by atoms with Crippen molar-refractivity contribution in [3.05, 3.63) is 22.4 Å². The zero-order valence-corrected chi connectivity index (χ0v) is 11.1. The molecule has 7 heteroatoms. The van der Waals surface area contributed by atoms with Gasteiger partial charge in [-0.3, -0.25) is 4.72 Å². The summed E-state index contributed by atoms with van der Waals surface area (Å²) < 4.78 is 26.1. The molecule has 0 aliphatic rings. The molecular formula is C9H10BrN3O2S. The molecule has 0 aliphatic carbocycles. The van der Waals surface area contributed by atoms with E-state index in [-0.39, 0.29) is 0 Å².